The SMILES string of the molecule is C=CCOc1ccc([C@@H]2O[C@@H]3O[C@]4(C)CCC[C@H]5[C@H](C)CC[C@@H]([C@H]2C)[C@@]35OO4)c(OCC=C)c1. The fraction of sp³-hybridized carbons (Fsp3) is 0.643. The van der Waals surface area contributed by atoms with E-state index in [1.54, 1.807) is 12.2 Å². The van der Waals surface area contributed by atoms with Gasteiger partial charge in [0.1, 0.15) is 24.7 Å². The first-order valence-corrected chi connectivity index (χ1v) is 12.7. The third-order valence-electron chi connectivity index (χ3n) is 8.41. The van der Waals surface area contributed by atoms with Gasteiger partial charge in [-0.25, -0.2) is 9.78 Å². The van der Waals surface area contributed by atoms with Crippen LogP contribution in [0.15, 0.2) is 43.5 Å². The summed E-state index contributed by atoms with van der Waals surface area (Å²) in [6.45, 7) is 14.9. The molecule has 2 bridgehead atoms. The van der Waals surface area contributed by atoms with E-state index in [2.05, 4.69) is 33.1 Å². The first kappa shape index (κ1) is 23.9. The molecule has 4 saturated heterocycles. The van der Waals surface area contributed by atoms with Crippen molar-refractivity contribution >= 4 is 0 Å². The average Bonchev–Trinajstić information content (AvgIpc) is 2.82. The molecule has 0 N–H and O–H groups in total. The van der Waals surface area contributed by atoms with E-state index >= 15 is 0 Å². The van der Waals surface area contributed by atoms with Gasteiger partial charge in [-0.1, -0.05) is 39.2 Å². The van der Waals surface area contributed by atoms with Crippen molar-refractivity contribution in [3.63, 3.8) is 0 Å². The van der Waals surface area contributed by atoms with E-state index in [4.69, 9.17) is 28.7 Å². The molecule has 0 unspecified atom stereocenters. The summed E-state index contributed by atoms with van der Waals surface area (Å²) in [6, 6.07) is 5.96. The van der Waals surface area contributed by atoms with Crippen LogP contribution in [0, 0.1) is 23.7 Å². The smallest absolute Gasteiger partial charge is 0.201 e. The Balaban J connectivity index is 1.53. The standard InChI is InChI=1S/C28H38O6/c1-6-15-29-20-11-12-21(24(17-20)30-16-7-2)25-19(4)23-13-10-18(3)22-9-8-14-27(5)32-26(31-25)28(22,23)34-33-27/h6-7,11-12,17-19,22-23,25-26H,1-2,8-10,13-16H2,3-5H3/t18-,19-,22+,23+,25-,26-,27+,28-/m1/s1. The van der Waals surface area contributed by atoms with Gasteiger partial charge in [0, 0.05) is 24.0 Å². The van der Waals surface area contributed by atoms with E-state index in [0.717, 1.165) is 42.7 Å². The summed E-state index contributed by atoms with van der Waals surface area (Å²) in [6.07, 6.45) is 7.99. The van der Waals surface area contributed by atoms with Crippen LogP contribution in [-0.4, -0.2) is 30.9 Å². The van der Waals surface area contributed by atoms with E-state index < -0.39 is 17.7 Å². The van der Waals surface area contributed by atoms with Gasteiger partial charge in [-0.15, -0.1) is 0 Å². The van der Waals surface area contributed by atoms with Crippen molar-refractivity contribution < 1.29 is 28.7 Å². The highest BCUT2D eigenvalue weighted by Gasteiger charge is 2.68. The van der Waals surface area contributed by atoms with E-state index in [1.165, 1.54) is 6.42 Å². The molecule has 0 amide bonds. The Bertz CT molecular complexity index is 916. The van der Waals surface area contributed by atoms with E-state index in [0.29, 0.717) is 25.0 Å². The van der Waals surface area contributed by atoms with E-state index in [-0.39, 0.29) is 17.9 Å². The molecule has 0 radical (unpaired) electrons. The maximum Gasteiger partial charge on any atom is 0.201 e. The molecule has 4 aliphatic heterocycles. The summed E-state index contributed by atoms with van der Waals surface area (Å²) >= 11 is 0. The molecular formula is C28H38O6. The number of fused-ring (bicyclic) bond motifs is 3. The second-order valence-corrected chi connectivity index (χ2v) is 10.6. The Morgan fingerprint density at radius 2 is 1.82 bits per heavy atom. The number of benzene rings is 1. The lowest BCUT2D eigenvalue weighted by atomic mass is 9.56. The molecule has 1 spiro atoms. The summed E-state index contributed by atoms with van der Waals surface area (Å²) < 4.78 is 25.3. The second-order valence-electron chi connectivity index (χ2n) is 10.6. The zero-order valence-corrected chi connectivity index (χ0v) is 20.7. The molecule has 34 heavy (non-hydrogen) atoms. The average molecular weight is 471 g/mol. The molecule has 6 heteroatoms. The molecule has 6 nitrogen and oxygen atoms in total. The molecule has 5 aliphatic rings. The van der Waals surface area contributed by atoms with Crippen LogP contribution in [-0.2, 0) is 19.2 Å². The molecule has 4 heterocycles. The van der Waals surface area contributed by atoms with Crippen molar-refractivity contribution in [1.29, 1.82) is 0 Å². The third kappa shape index (κ3) is 3.89. The van der Waals surface area contributed by atoms with Crippen molar-refractivity contribution in [3.8, 4) is 11.5 Å². The molecule has 1 aliphatic carbocycles. The minimum atomic E-state index is -0.790. The maximum absolute atomic E-state index is 6.85. The summed E-state index contributed by atoms with van der Waals surface area (Å²) in [5.74, 6) is 2.01. The van der Waals surface area contributed by atoms with Gasteiger partial charge in [-0.2, -0.15) is 0 Å². The lowest BCUT2D eigenvalue weighted by Gasteiger charge is -2.63. The predicted octanol–water partition coefficient (Wildman–Crippen LogP) is 6.13. The summed E-state index contributed by atoms with van der Waals surface area (Å²) in [5.41, 5.74) is 0.417. The van der Waals surface area contributed by atoms with E-state index in [9.17, 15) is 0 Å². The predicted molar refractivity (Wildman–Crippen MR) is 128 cm³/mol. The molecule has 1 aromatic carbocycles. The number of rotatable bonds is 7. The Morgan fingerprint density at radius 1 is 1.03 bits per heavy atom. The molecule has 0 aromatic heterocycles. The van der Waals surface area contributed by atoms with Crippen LogP contribution < -0.4 is 9.47 Å². The molecule has 1 saturated carbocycles. The Labute approximate surface area is 203 Å². The highest BCUT2D eigenvalue weighted by atomic mass is 17.3. The van der Waals surface area contributed by atoms with Gasteiger partial charge in [0.25, 0.3) is 0 Å². The van der Waals surface area contributed by atoms with Gasteiger partial charge in [0.15, 0.2) is 11.9 Å². The van der Waals surface area contributed by atoms with Crippen molar-refractivity contribution in [1.82, 2.24) is 0 Å². The van der Waals surface area contributed by atoms with Crippen LogP contribution in [0.25, 0.3) is 0 Å². The van der Waals surface area contributed by atoms with Gasteiger partial charge in [0.05, 0.1) is 6.10 Å². The zero-order valence-electron chi connectivity index (χ0n) is 20.7. The Hall–Kier alpha value is -1.86. The van der Waals surface area contributed by atoms with Gasteiger partial charge >= 0.3 is 0 Å². The summed E-state index contributed by atoms with van der Waals surface area (Å²) in [5, 5.41) is 0. The highest BCUT2D eigenvalue weighted by molar-refractivity contribution is 5.43. The molecule has 186 valence electrons. The minimum Gasteiger partial charge on any atom is -0.489 e. The lowest BCUT2D eigenvalue weighted by molar-refractivity contribution is -0.586. The number of ether oxygens (including phenoxy) is 4. The van der Waals surface area contributed by atoms with Crippen LogP contribution >= 0.6 is 0 Å². The zero-order chi connectivity index (χ0) is 23.9. The molecular weight excluding hydrogens is 432 g/mol. The fourth-order valence-corrected chi connectivity index (χ4v) is 6.75. The highest BCUT2D eigenvalue weighted by Crippen LogP contribution is 2.62. The monoisotopic (exact) mass is 470 g/mol. The summed E-state index contributed by atoms with van der Waals surface area (Å²) in [4.78, 5) is 12.4. The topological polar surface area (TPSA) is 55.4 Å². The lowest BCUT2D eigenvalue weighted by Crippen LogP contribution is -2.71. The third-order valence-corrected chi connectivity index (χ3v) is 8.41. The van der Waals surface area contributed by atoms with Gasteiger partial charge < -0.3 is 18.9 Å². The van der Waals surface area contributed by atoms with Crippen LogP contribution in [0.4, 0.5) is 0 Å². The summed E-state index contributed by atoms with van der Waals surface area (Å²) in [7, 11) is 0. The second kappa shape index (κ2) is 9.30. The van der Waals surface area contributed by atoms with Crippen LogP contribution in [0.1, 0.15) is 64.5 Å². The van der Waals surface area contributed by atoms with Crippen LogP contribution in [0.2, 0.25) is 0 Å². The van der Waals surface area contributed by atoms with Crippen molar-refractivity contribution in [2.45, 2.75) is 76.7 Å². The molecule has 8 atom stereocenters. The Kier molecular flexibility index (Phi) is 6.53. The van der Waals surface area contributed by atoms with Crippen LogP contribution in [0.3, 0.4) is 0 Å². The molecule has 1 aromatic rings. The quantitative estimate of drug-likeness (QED) is 0.353. The van der Waals surface area contributed by atoms with Crippen molar-refractivity contribution in [2.75, 3.05) is 13.2 Å². The Morgan fingerprint density at radius 3 is 2.62 bits per heavy atom. The minimum absolute atomic E-state index is 0.188. The van der Waals surface area contributed by atoms with Crippen molar-refractivity contribution in [2.24, 2.45) is 23.7 Å². The maximum atomic E-state index is 6.85. The van der Waals surface area contributed by atoms with Gasteiger partial charge in [-0.05, 0) is 62.5 Å². The van der Waals surface area contributed by atoms with E-state index in [1.807, 2.05) is 19.1 Å². The van der Waals surface area contributed by atoms with Crippen molar-refractivity contribution in [3.05, 3.63) is 49.1 Å². The van der Waals surface area contributed by atoms with Gasteiger partial charge in [0.2, 0.25) is 5.79 Å². The fourth-order valence-electron chi connectivity index (χ4n) is 6.75. The molecule has 5 fully saturated rings. The number of hydrogen-bond acceptors (Lipinski definition) is 6. The largest absolute Gasteiger partial charge is 0.489 e. The normalized spacial score (nSPS) is 41.0. The first-order chi connectivity index (χ1) is 16.4. The first-order valence-electron chi connectivity index (χ1n) is 12.7. The molecule has 6 rings (SSSR count). The van der Waals surface area contributed by atoms with Crippen LogP contribution in [0.5, 0.6) is 11.5 Å². The number of hydrogen-bond donors (Lipinski definition) is 0. The van der Waals surface area contributed by atoms with Gasteiger partial charge in [-0.3, -0.25) is 0 Å².